The number of halogens is 1. The minimum atomic E-state index is -0.194. The van der Waals surface area contributed by atoms with E-state index in [0.717, 1.165) is 11.1 Å². The lowest BCUT2D eigenvalue weighted by molar-refractivity contribution is -0.126. The van der Waals surface area contributed by atoms with Crippen molar-refractivity contribution in [2.75, 3.05) is 13.2 Å². The van der Waals surface area contributed by atoms with E-state index in [1.54, 1.807) is 4.90 Å². The van der Waals surface area contributed by atoms with E-state index in [2.05, 4.69) is 13.8 Å². The Labute approximate surface area is 192 Å². The Kier molecular flexibility index (Phi) is 8.03. The van der Waals surface area contributed by atoms with Gasteiger partial charge in [-0.1, -0.05) is 73.7 Å². The molecule has 1 saturated heterocycles. The molecular weight excluding hydrogens is 438 g/mol. The molecule has 2 aromatic carbocycles. The Bertz CT molecular complexity index is 919. The summed E-state index contributed by atoms with van der Waals surface area (Å²) in [5.41, 5.74) is 1.93. The second-order valence-corrected chi connectivity index (χ2v) is 9.76. The summed E-state index contributed by atoms with van der Waals surface area (Å²) in [6, 6.07) is 13.4. The monoisotopic (exact) mass is 463 g/mol. The highest BCUT2D eigenvalue weighted by Gasteiger charge is 2.37. The molecule has 3 rings (SSSR count). The number of carbonyl (C=O) groups excluding carboxylic acids is 1. The summed E-state index contributed by atoms with van der Waals surface area (Å²) < 4.78 is 12.4. The fourth-order valence-corrected chi connectivity index (χ4v) is 4.95. The first kappa shape index (κ1) is 22.9. The van der Waals surface area contributed by atoms with Crippen molar-refractivity contribution in [3.05, 3.63) is 58.6 Å². The van der Waals surface area contributed by atoms with Crippen molar-refractivity contribution >= 4 is 45.8 Å². The van der Waals surface area contributed by atoms with Crippen LogP contribution in [0.2, 0.25) is 5.02 Å². The molecule has 1 heterocycles. The van der Waals surface area contributed by atoms with Crippen LogP contribution in [-0.2, 0) is 17.8 Å². The summed E-state index contributed by atoms with van der Waals surface area (Å²) in [5, 5.41) is 0.478. The van der Waals surface area contributed by atoms with Crippen molar-refractivity contribution in [2.45, 2.75) is 39.0 Å². The van der Waals surface area contributed by atoms with E-state index >= 15 is 0 Å². The van der Waals surface area contributed by atoms with Crippen molar-refractivity contribution in [3.8, 4) is 11.5 Å². The van der Waals surface area contributed by atoms with Crippen LogP contribution < -0.4 is 9.47 Å². The number of amides is 1. The number of benzene rings is 2. The summed E-state index contributed by atoms with van der Waals surface area (Å²) in [6.07, 6.45) is 0.600. The largest absolute Gasteiger partial charge is 0.490 e. The van der Waals surface area contributed by atoms with Crippen molar-refractivity contribution in [3.63, 3.8) is 0 Å². The molecule has 0 unspecified atom stereocenters. The molecular formula is C23H26ClNO3S2. The maximum atomic E-state index is 12.8. The van der Waals surface area contributed by atoms with Gasteiger partial charge >= 0.3 is 0 Å². The van der Waals surface area contributed by atoms with Crippen molar-refractivity contribution < 1.29 is 14.3 Å². The number of hydrogen-bond acceptors (Lipinski definition) is 5. The van der Waals surface area contributed by atoms with E-state index < -0.39 is 0 Å². The molecule has 30 heavy (non-hydrogen) atoms. The molecule has 0 radical (unpaired) electrons. The molecule has 0 saturated carbocycles. The molecule has 1 amide bonds. The van der Waals surface area contributed by atoms with E-state index in [4.69, 9.17) is 33.3 Å². The Morgan fingerprint density at radius 1 is 1.17 bits per heavy atom. The predicted octanol–water partition coefficient (Wildman–Crippen LogP) is 5.75. The number of rotatable bonds is 9. The SMILES string of the molecule is CCOc1cc(C[C@@H]2SC(=S)N(CC(C)C)C2=O)ccc1OCc1ccccc1Cl. The maximum Gasteiger partial charge on any atom is 0.241 e. The number of hydrogen-bond donors (Lipinski definition) is 0. The first-order valence-corrected chi connectivity index (χ1v) is 11.7. The summed E-state index contributed by atoms with van der Waals surface area (Å²) >= 11 is 13.1. The summed E-state index contributed by atoms with van der Waals surface area (Å²) in [6.45, 7) is 7.65. The van der Waals surface area contributed by atoms with Gasteiger partial charge in [0.15, 0.2) is 11.5 Å². The number of thiocarbonyl (C=S) groups is 1. The smallest absolute Gasteiger partial charge is 0.241 e. The van der Waals surface area contributed by atoms with Crippen LogP contribution in [0.4, 0.5) is 0 Å². The molecule has 7 heteroatoms. The average Bonchev–Trinajstić information content (AvgIpc) is 2.96. The van der Waals surface area contributed by atoms with Crippen molar-refractivity contribution in [1.29, 1.82) is 0 Å². The first-order valence-electron chi connectivity index (χ1n) is 10.0. The molecule has 0 N–H and O–H groups in total. The van der Waals surface area contributed by atoms with Gasteiger partial charge in [-0.25, -0.2) is 0 Å². The third-order valence-electron chi connectivity index (χ3n) is 4.62. The third-order valence-corrected chi connectivity index (χ3v) is 6.58. The standard InChI is InChI=1S/C23H26ClNO3S2/c1-4-27-20-11-16(12-21-22(26)25(13-15(2)3)23(29)30-21)9-10-19(20)28-14-17-7-5-6-8-18(17)24/h5-11,15,21H,4,12-14H2,1-3H3/t21-/m0/s1. The Balaban J connectivity index is 1.71. The van der Waals surface area contributed by atoms with E-state index in [0.29, 0.717) is 52.9 Å². The summed E-state index contributed by atoms with van der Waals surface area (Å²) in [4.78, 5) is 14.5. The van der Waals surface area contributed by atoms with Gasteiger partial charge in [-0.3, -0.25) is 9.69 Å². The zero-order chi connectivity index (χ0) is 21.7. The second kappa shape index (κ2) is 10.5. The van der Waals surface area contributed by atoms with Crippen molar-refractivity contribution in [1.82, 2.24) is 4.90 Å². The van der Waals surface area contributed by atoms with Crippen LogP contribution in [0.25, 0.3) is 0 Å². The molecule has 0 aromatic heterocycles. The molecule has 160 valence electrons. The average molecular weight is 464 g/mol. The van der Waals surface area contributed by atoms with Gasteiger partial charge in [-0.05, 0) is 43.0 Å². The van der Waals surface area contributed by atoms with Crippen molar-refractivity contribution in [2.24, 2.45) is 5.92 Å². The highest BCUT2D eigenvalue weighted by molar-refractivity contribution is 8.24. The Morgan fingerprint density at radius 3 is 2.63 bits per heavy atom. The van der Waals surface area contributed by atoms with Crippen LogP contribution in [-0.4, -0.2) is 33.5 Å². The second-order valence-electron chi connectivity index (χ2n) is 7.51. The lowest BCUT2D eigenvalue weighted by atomic mass is 10.1. The molecule has 0 aliphatic carbocycles. The quantitative estimate of drug-likeness (QED) is 0.443. The normalized spacial score (nSPS) is 16.4. The number of thioether (sulfide) groups is 1. The number of carbonyl (C=O) groups is 1. The van der Waals surface area contributed by atoms with E-state index in [1.165, 1.54) is 11.8 Å². The molecule has 0 bridgehead atoms. The number of nitrogens with zero attached hydrogens (tertiary/aromatic N) is 1. The van der Waals surface area contributed by atoms with Crippen LogP contribution in [0.15, 0.2) is 42.5 Å². The lowest BCUT2D eigenvalue weighted by Crippen LogP contribution is -2.34. The van der Waals surface area contributed by atoms with Gasteiger partial charge in [0.25, 0.3) is 0 Å². The number of ether oxygens (including phenoxy) is 2. The first-order chi connectivity index (χ1) is 14.4. The van der Waals surface area contributed by atoms with E-state index in [1.807, 2.05) is 49.4 Å². The fraction of sp³-hybridized carbons (Fsp3) is 0.391. The molecule has 1 atom stereocenters. The van der Waals surface area contributed by atoms with Crippen LogP contribution >= 0.6 is 35.6 Å². The Hall–Kier alpha value is -1.76. The maximum absolute atomic E-state index is 12.8. The molecule has 1 fully saturated rings. The van der Waals surface area contributed by atoms with Gasteiger partial charge in [-0.2, -0.15) is 0 Å². The zero-order valence-electron chi connectivity index (χ0n) is 17.4. The van der Waals surface area contributed by atoms with Gasteiger partial charge in [-0.15, -0.1) is 0 Å². The van der Waals surface area contributed by atoms with Gasteiger partial charge in [0.1, 0.15) is 10.9 Å². The third kappa shape index (κ3) is 5.68. The highest BCUT2D eigenvalue weighted by Crippen LogP contribution is 2.34. The van der Waals surface area contributed by atoms with Crippen LogP contribution in [0.3, 0.4) is 0 Å². The van der Waals surface area contributed by atoms with Gasteiger partial charge in [0.2, 0.25) is 5.91 Å². The van der Waals surface area contributed by atoms with E-state index in [-0.39, 0.29) is 11.2 Å². The van der Waals surface area contributed by atoms with Gasteiger partial charge < -0.3 is 9.47 Å². The topological polar surface area (TPSA) is 38.8 Å². The summed E-state index contributed by atoms with van der Waals surface area (Å²) in [7, 11) is 0. The zero-order valence-corrected chi connectivity index (χ0v) is 19.8. The minimum absolute atomic E-state index is 0.0932. The lowest BCUT2D eigenvalue weighted by Gasteiger charge is -2.18. The molecule has 4 nitrogen and oxygen atoms in total. The van der Waals surface area contributed by atoms with Crippen LogP contribution in [0.1, 0.15) is 31.9 Å². The van der Waals surface area contributed by atoms with E-state index in [9.17, 15) is 4.79 Å². The molecule has 1 aliphatic rings. The van der Waals surface area contributed by atoms with Crippen LogP contribution in [0, 0.1) is 5.92 Å². The fourth-order valence-electron chi connectivity index (χ4n) is 3.21. The minimum Gasteiger partial charge on any atom is -0.490 e. The van der Waals surface area contributed by atoms with Crippen LogP contribution in [0.5, 0.6) is 11.5 Å². The predicted molar refractivity (Wildman–Crippen MR) is 128 cm³/mol. The summed E-state index contributed by atoms with van der Waals surface area (Å²) in [5.74, 6) is 1.79. The molecule has 2 aromatic rings. The van der Waals surface area contributed by atoms with Gasteiger partial charge in [0.05, 0.1) is 11.9 Å². The highest BCUT2D eigenvalue weighted by atomic mass is 35.5. The molecule has 1 aliphatic heterocycles. The molecule has 0 spiro atoms. The Morgan fingerprint density at radius 2 is 1.93 bits per heavy atom. The van der Waals surface area contributed by atoms with Gasteiger partial charge in [0, 0.05) is 17.1 Å².